The Morgan fingerprint density at radius 2 is 2.10 bits per heavy atom. The fraction of sp³-hybridized carbons (Fsp3) is 0.130. The molecule has 0 unspecified atom stereocenters. The lowest BCUT2D eigenvalue weighted by molar-refractivity contribution is 0.233. The highest BCUT2D eigenvalue weighted by Crippen LogP contribution is 2.34. The highest BCUT2D eigenvalue weighted by atomic mass is 32.1. The minimum Gasteiger partial charge on any atom is -0.463 e. The second kappa shape index (κ2) is 8.53. The van der Waals surface area contributed by atoms with Crippen molar-refractivity contribution in [3.8, 4) is 21.1 Å². The van der Waals surface area contributed by atoms with Gasteiger partial charge < -0.3 is 9.47 Å². The van der Waals surface area contributed by atoms with Crippen LogP contribution in [-0.4, -0.2) is 19.9 Å². The summed E-state index contributed by atoms with van der Waals surface area (Å²) in [6.07, 6.45) is 16.5. The number of hydrogen-bond donors (Lipinski definition) is 1. The molecule has 2 aliphatic rings. The molecule has 0 atom stereocenters. The fourth-order valence-electron chi connectivity index (χ4n) is 3.23. The molecule has 5 rings (SSSR count). The largest absolute Gasteiger partial charge is 0.463 e. The molecule has 0 fully saturated rings. The molecule has 31 heavy (non-hydrogen) atoms. The van der Waals surface area contributed by atoms with Gasteiger partial charge in [-0.25, -0.2) is 15.0 Å². The van der Waals surface area contributed by atoms with Gasteiger partial charge in [-0.2, -0.15) is 0 Å². The zero-order valence-electron chi connectivity index (χ0n) is 16.8. The summed E-state index contributed by atoms with van der Waals surface area (Å²) >= 11 is 1.58. The van der Waals surface area contributed by atoms with Crippen LogP contribution in [0, 0.1) is 6.92 Å². The first kappa shape index (κ1) is 19.2. The van der Waals surface area contributed by atoms with E-state index in [1.165, 1.54) is 6.26 Å². The molecule has 4 heterocycles. The number of ether oxygens (including phenoxy) is 2. The van der Waals surface area contributed by atoms with E-state index in [1.54, 1.807) is 30.0 Å². The van der Waals surface area contributed by atoms with Crippen LogP contribution in [0.15, 0.2) is 84.8 Å². The number of rotatable bonds is 5. The molecule has 7 nitrogen and oxygen atoms in total. The molecule has 3 aromatic heterocycles. The van der Waals surface area contributed by atoms with Gasteiger partial charge in [0.1, 0.15) is 11.3 Å². The third-order valence-electron chi connectivity index (χ3n) is 4.73. The van der Waals surface area contributed by atoms with Gasteiger partial charge in [-0.3, -0.25) is 10.3 Å². The molecular formula is C23H19N5O2S. The maximum atomic E-state index is 5.95. The van der Waals surface area contributed by atoms with E-state index in [0.29, 0.717) is 17.6 Å². The molecule has 0 saturated heterocycles. The number of aromatic nitrogens is 4. The molecule has 1 aliphatic carbocycles. The summed E-state index contributed by atoms with van der Waals surface area (Å²) in [6, 6.07) is 5.77. The lowest BCUT2D eigenvalue weighted by atomic mass is 10.0. The van der Waals surface area contributed by atoms with Gasteiger partial charge in [0.15, 0.2) is 12.0 Å². The van der Waals surface area contributed by atoms with Crippen LogP contribution >= 0.6 is 11.3 Å². The zero-order valence-corrected chi connectivity index (χ0v) is 17.6. The maximum absolute atomic E-state index is 5.95. The minimum absolute atomic E-state index is 0.418. The molecule has 8 heteroatoms. The lowest BCUT2D eigenvalue weighted by Crippen LogP contribution is -2.12. The van der Waals surface area contributed by atoms with Crippen LogP contribution in [-0.2, 0) is 9.47 Å². The van der Waals surface area contributed by atoms with E-state index in [0.717, 1.165) is 45.3 Å². The van der Waals surface area contributed by atoms with Gasteiger partial charge in [0.05, 0.1) is 16.3 Å². The predicted octanol–water partition coefficient (Wildman–Crippen LogP) is 5.35. The van der Waals surface area contributed by atoms with Crippen LogP contribution in [0.4, 0.5) is 5.95 Å². The van der Waals surface area contributed by atoms with Crippen molar-refractivity contribution in [2.45, 2.75) is 19.8 Å². The Hall–Kier alpha value is -3.78. The summed E-state index contributed by atoms with van der Waals surface area (Å²) in [7, 11) is 0. The average Bonchev–Trinajstić information content (AvgIpc) is 3.22. The highest BCUT2D eigenvalue weighted by Gasteiger charge is 2.17. The quantitative estimate of drug-likeness (QED) is 0.586. The van der Waals surface area contributed by atoms with Crippen LogP contribution in [0.3, 0.4) is 0 Å². The Morgan fingerprint density at radius 1 is 1.13 bits per heavy atom. The van der Waals surface area contributed by atoms with Gasteiger partial charge in [0.2, 0.25) is 11.8 Å². The predicted molar refractivity (Wildman–Crippen MR) is 120 cm³/mol. The highest BCUT2D eigenvalue weighted by molar-refractivity contribution is 7.18. The van der Waals surface area contributed by atoms with Crippen molar-refractivity contribution < 1.29 is 9.47 Å². The van der Waals surface area contributed by atoms with Gasteiger partial charge in [-0.05, 0) is 43.5 Å². The van der Waals surface area contributed by atoms with Crippen LogP contribution in [0.2, 0.25) is 0 Å². The average molecular weight is 430 g/mol. The number of hydrogen-bond acceptors (Lipinski definition) is 8. The summed E-state index contributed by atoms with van der Waals surface area (Å²) in [4.78, 5) is 18.8. The van der Waals surface area contributed by atoms with E-state index in [-0.39, 0.29) is 0 Å². The van der Waals surface area contributed by atoms with Gasteiger partial charge in [-0.15, -0.1) is 11.3 Å². The van der Waals surface area contributed by atoms with Crippen molar-refractivity contribution in [2.75, 3.05) is 5.32 Å². The normalized spacial score (nSPS) is 15.3. The second-order valence-corrected chi connectivity index (χ2v) is 7.93. The van der Waals surface area contributed by atoms with Crippen LogP contribution in [0.25, 0.3) is 21.1 Å². The number of allylic oxidation sites excluding steroid dienone is 4. The van der Waals surface area contributed by atoms with Gasteiger partial charge in [0.25, 0.3) is 0 Å². The summed E-state index contributed by atoms with van der Waals surface area (Å²) in [5, 5.41) is 4.01. The smallest absolute Gasteiger partial charge is 0.235 e. The Morgan fingerprint density at radius 3 is 2.94 bits per heavy atom. The van der Waals surface area contributed by atoms with E-state index in [9.17, 15) is 0 Å². The summed E-state index contributed by atoms with van der Waals surface area (Å²) < 4.78 is 11.4. The van der Waals surface area contributed by atoms with Gasteiger partial charge in [-0.1, -0.05) is 18.2 Å². The van der Waals surface area contributed by atoms with Crippen LogP contribution in [0.1, 0.15) is 18.5 Å². The molecule has 1 aliphatic heterocycles. The zero-order chi connectivity index (χ0) is 21.0. The Balaban J connectivity index is 1.34. The monoisotopic (exact) mass is 429 g/mol. The van der Waals surface area contributed by atoms with Crippen molar-refractivity contribution in [3.05, 3.63) is 90.5 Å². The number of anilines is 1. The van der Waals surface area contributed by atoms with Crippen molar-refractivity contribution in [2.24, 2.45) is 0 Å². The van der Waals surface area contributed by atoms with E-state index in [4.69, 9.17) is 9.47 Å². The minimum atomic E-state index is 0.418. The van der Waals surface area contributed by atoms with Crippen LogP contribution in [0.5, 0.6) is 0 Å². The first-order chi connectivity index (χ1) is 15.3. The van der Waals surface area contributed by atoms with Gasteiger partial charge >= 0.3 is 0 Å². The van der Waals surface area contributed by atoms with Crippen molar-refractivity contribution in [3.63, 3.8) is 0 Å². The Bertz CT molecular complexity index is 1230. The van der Waals surface area contributed by atoms with E-state index in [1.807, 2.05) is 43.5 Å². The van der Waals surface area contributed by atoms with E-state index in [2.05, 4.69) is 31.3 Å². The number of nitrogens with one attached hydrogen (secondary N) is 1. The molecule has 154 valence electrons. The topological polar surface area (TPSA) is 82.1 Å². The van der Waals surface area contributed by atoms with Crippen molar-refractivity contribution >= 4 is 17.3 Å². The molecule has 0 spiro atoms. The standard InChI is InChI=1S/C23H19N5O2S/c1-15-21(31-22(26-15)17-8-5-10-24-12-17)18-9-11-25-23(27-18)28-20-14-29-13-19(30-20)16-6-3-2-4-7-16/h2-3,5-6,8-14H,4,7H2,1H3,(H,25,27,28). The van der Waals surface area contributed by atoms with Crippen LogP contribution < -0.4 is 5.32 Å². The van der Waals surface area contributed by atoms with Crippen molar-refractivity contribution in [1.29, 1.82) is 0 Å². The molecule has 0 amide bonds. The molecular weight excluding hydrogens is 410 g/mol. The first-order valence-corrected chi connectivity index (χ1v) is 10.7. The summed E-state index contributed by atoms with van der Waals surface area (Å²) in [5.74, 6) is 1.54. The van der Waals surface area contributed by atoms with Crippen molar-refractivity contribution in [1.82, 2.24) is 19.9 Å². The molecule has 0 aromatic carbocycles. The van der Waals surface area contributed by atoms with Gasteiger partial charge in [0, 0.05) is 24.2 Å². The molecule has 0 radical (unpaired) electrons. The fourth-order valence-corrected chi connectivity index (χ4v) is 4.26. The summed E-state index contributed by atoms with van der Waals surface area (Å²) in [6.45, 7) is 1.98. The van der Waals surface area contributed by atoms with E-state index >= 15 is 0 Å². The summed E-state index contributed by atoms with van der Waals surface area (Å²) in [5.41, 5.74) is 3.77. The second-order valence-electron chi connectivity index (χ2n) is 6.93. The van der Waals surface area contributed by atoms with E-state index < -0.39 is 0 Å². The number of thiazole rings is 1. The first-order valence-electron chi connectivity index (χ1n) is 9.84. The SMILES string of the molecule is Cc1nc(-c2cccnc2)sc1-c1ccnc(NC2=COC=C(C3=CC=CCC3)O2)n1. The molecule has 3 aromatic rings. The number of aryl methyl sites for hydroxylation is 1. The molecule has 0 saturated carbocycles. The Labute approximate surface area is 183 Å². The molecule has 1 N–H and O–H groups in total. The number of nitrogens with zero attached hydrogens (tertiary/aromatic N) is 4. The Kier molecular flexibility index (Phi) is 5.28. The third kappa shape index (κ3) is 4.24. The maximum Gasteiger partial charge on any atom is 0.235 e. The number of pyridine rings is 1. The molecule has 0 bridgehead atoms. The lowest BCUT2D eigenvalue weighted by Gasteiger charge is -2.19. The third-order valence-corrected chi connectivity index (χ3v) is 5.96.